The van der Waals surface area contributed by atoms with E-state index in [9.17, 15) is 9.59 Å². The molecule has 0 unspecified atom stereocenters. The Morgan fingerprint density at radius 2 is 1.70 bits per heavy atom. The molecule has 9 nitrogen and oxygen atoms in total. The SMILES string of the molecule is O=C(C[NH+]1CC[NH+](Cc2ccc3c(c2)OCO3)CC1)Nc1ccc2[nH]c(=O)[nH]c2c1. The molecule has 1 saturated heterocycles. The lowest BCUT2D eigenvalue weighted by atomic mass is 10.1. The lowest BCUT2D eigenvalue weighted by Gasteiger charge is -2.29. The molecule has 0 bridgehead atoms. The summed E-state index contributed by atoms with van der Waals surface area (Å²) in [5.74, 6) is 1.63. The highest BCUT2D eigenvalue weighted by Crippen LogP contribution is 2.32. The van der Waals surface area contributed by atoms with Gasteiger partial charge in [0, 0.05) is 11.3 Å². The van der Waals surface area contributed by atoms with Gasteiger partial charge < -0.3 is 34.6 Å². The number of carbonyl (C=O) groups is 1. The molecule has 1 aromatic heterocycles. The van der Waals surface area contributed by atoms with Crippen molar-refractivity contribution in [3.63, 3.8) is 0 Å². The molecule has 0 spiro atoms. The van der Waals surface area contributed by atoms with Crippen LogP contribution < -0.4 is 30.3 Å². The second kappa shape index (κ2) is 7.85. The highest BCUT2D eigenvalue weighted by Gasteiger charge is 2.25. The molecule has 5 N–H and O–H groups in total. The van der Waals surface area contributed by atoms with Crippen LogP contribution in [0.15, 0.2) is 41.2 Å². The third kappa shape index (κ3) is 4.03. The molecule has 0 saturated carbocycles. The second-order valence-corrected chi connectivity index (χ2v) is 7.93. The molecule has 2 aromatic carbocycles. The molecule has 0 aliphatic carbocycles. The minimum absolute atomic E-state index is 0.0125. The van der Waals surface area contributed by atoms with E-state index in [0.29, 0.717) is 24.5 Å². The maximum atomic E-state index is 12.5. The largest absolute Gasteiger partial charge is 0.454 e. The average molecular weight is 411 g/mol. The third-order valence-corrected chi connectivity index (χ3v) is 5.77. The average Bonchev–Trinajstić information content (AvgIpc) is 3.34. The number of benzene rings is 2. The Balaban J connectivity index is 1.11. The van der Waals surface area contributed by atoms with Gasteiger partial charge in [0.1, 0.15) is 32.7 Å². The number of rotatable bonds is 5. The summed E-state index contributed by atoms with van der Waals surface area (Å²) in [6.07, 6.45) is 0. The van der Waals surface area contributed by atoms with E-state index in [1.54, 1.807) is 18.2 Å². The number of aromatic nitrogens is 2. The van der Waals surface area contributed by atoms with E-state index in [1.807, 2.05) is 6.07 Å². The number of nitrogens with one attached hydrogen (secondary N) is 5. The summed E-state index contributed by atoms with van der Waals surface area (Å²) >= 11 is 0. The first-order valence-corrected chi connectivity index (χ1v) is 10.2. The van der Waals surface area contributed by atoms with Gasteiger partial charge >= 0.3 is 5.69 Å². The van der Waals surface area contributed by atoms with Crippen LogP contribution in [-0.2, 0) is 11.3 Å². The normalized spacial score (nSPS) is 20.4. The first-order chi connectivity index (χ1) is 14.6. The lowest BCUT2D eigenvalue weighted by molar-refractivity contribution is -1.02. The number of ether oxygens (including phenoxy) is 2. The van der Waals surface area contributed by atoms with Crippen molar-refractivity contribution in [3.8, 4) is 11.5 Å². The minimum Gasteiger partial charge on any atom is -0.454 e. The van der Waals surface area contributed by atoms with E-state index in [4.69, 9.17) is 9.47 Å². The lowest BCUT2D eigenvalue weighted by Crippen LogP contribution is -3.28. The van der Waals surface area contributed by atoms with E-state index in [2.05, 4.69) is 27.4 Å². The summed E-state index contributed by atoms with van der Waals surface area (Å²) in [6, 6.07) is 11.5. The Hall–Kier alpha value is -3.30. The van der Waals surface area contributed by atoms with Crippen LogP contribution in [0.3, 0.4) is 0 Å². The Morgan fingerprint density at radius 3 is 2.57 bits per heavy atom. The zero-order valence-corrected chi connectivity index (χ0v) is 16.5. The van der Waals surface area contributed by atoms with Crippen LogP contribution in [0.5, 0.6) is 11.5 Å². The zero-order chi connectivity index (χ0) is 20.5. The minimum atomic E-state index is -0.251. The molecule has 3 heterocycles. The van der Waals surface area contributed by atoms with E-state index in [0.717, 1.165) is 49.7 Å². The monoisotopic (exact) mass is 411 g/mol. The van der Waals surface area contributed by atoms with Gasteiger partial charge in [-0.25, -0.2) is 4.79 Å². The number of anilines is 1. The maximum Gasteiger partial charge on any atom is 0.323 e. The number of imidazole rings is 1. The summed E-state index contributed by atoms with van der Waals surface area (Å²) in [7, 11) is 0. The van der Waals surface area contributed by atoms with Gasteiger partial charge in [0.25, 0.3) is 5.91 Å². The molecule has 9 heteroatoms. The van der Waals surface area contributed by atoms with Crippen molar-refractivity contribution in [1.29, 1.82) is 0 Å². The predicted molar refractivity (Wildman–Crippen MR) is 110 cm³/mol. The first-order valence-electron chi connectivity index (χ1n) is 10.2. The Labute approximate surface area is 172 Å². The van der Waals surface area contributed by atoms with Crippen molar-refractivity contribution in [2.24, 2.45) is 0 Å². The molecule has 2 aliphatic heterocycles. The fraction of sp³-hybridized carbons (Fsp3) is 0.333. The fourth-order valence-corrected chi connectivity index (χ4v) is 4.19. The molecule has 5 rings (SSSR count). The number of amides is 1. The van der Waals surface area contributed by atoms with Crippen LogP contribution >= 0.6 is 0 Å². The highest BCUT2D eigenvalue weighted by molar-refractivity contribution is 5.93. The van der Waals surface area contributed by atoms with E-state index < -0.39 is 0 Å². The quantitative estimate of drug-likeness (QED) is 0.353. The number of fused-ring (bicyclic) bond motifs is 2. The molecular formula is C21H25N5O4+2. The molecule has 30 heavy (non-hydrogen) atoms. The standard InChI is InChI=1S/C21H23N5O4/c27-20(22-15-2-3-16-17(10-15)24-21(28)23-16)12-26-7-5-25(6-8-26)11-14-1-4-18-19(9-14)30-13-29-18/h1-4,9-10H,5-8,11-13H2,(H,22,27)(H2,23,24,28)/p+2. The van der Waals surface area contributed by atoms with E-state index in [-0.39, 0.29) is 11.6 Å². The summed E-state index contributed by atoms with van der Waals surface area (Å²) < 4.78 is 10.8. The van der Waals surface area contributed by atoms with Crippen LogP contribution in [0.25, 0.3) is 11.0 Å². The van der Waals surface area contributed by atoms with Crippen LogP contribution in [0.4, 0.5) is 5.69 Å². The van der Waals surface area contributed by atoms with Crippen LogP contribution in [0.2, 0.25) is 0 Å². The van der Waals surface area contributed by atoms with Crippen molar-refractivity contribution in [2.45, 2.75) is 6.54 Å². The van der Waals surface area contributed by atoms with Crippen molar-refractivity contribution in [2.75, 3.05) is 44.8 Å². The Bertz CT molecular complexity index is 1130. The third-order valence-electron chi connectivity index (χ3n) is 5.77. The van der Waals surface area contributed by atoms with Gasteiger partial charge in [0.2, 0.25) is 6.79 Å². The van der Waals surface area contributed by atoms with E-state index >= 15 is 0 Å². The first kappa shape index (κ1) is 18.7. The molecule has 1 fully saturated rings. The molecule has 156 valence electrons. The van der Waals surface area contributed by atoms with Crippen molar-refractivity contribution >= 4 is 22.6 Å². The van der Waals surface area contributed by atoms with Gasteiger partial charge in [-0.3, -0.25) is 4.79 Å². The molecular weight excluding hydrogens is 386 g/mol. The van der Waals surface area contributed by atoms with Gasteiger partial charge in [0.15, 0.2) is 18.0 Å². The van der Waals surface area contributed by atoms with E-state index in [1.165, 1.54) is 15.4 Å². The number of carbonyl (C=O) groups excluding carboxylic acids is 1. The zero-order valence-electron chi connectivity index (χ0n) is 16.5. The van der Waals surface area contributed by atoms with Crippen molar-refractivity contribution in [1.82, 2.24) is 9.97 Å². The molecule has 1 amide bonds. The predicted octanol–water partition coefficient (Wildman–Crippen LogP) is -1.49. The smallest absolute Gasteiger partial charge is 0.323 e. The Kier molecular flexibility index (Phi) is 4.89. The van der Waals surface area contributed by atoms with Gasteiger partial charge in [-0.15, -0.1) is 0 Å². The fourth-order valence-electron chi connectivity index (χ4n) is 4.19. The van der Waals surface area contributed by atoms with Crippen LogP contribution in [0, 0.1) is 0 Å². The van der Waals surface area contributed by atoms with Crippen molar-refractivity contribution in [3.05, 3.63) is 52.4 Å². The van der Waals surface area contributed by atoms with Gasteiger partial charge in [0.05, 0.1) is 11.0 Å². The summed E-state index contributed by atoms with van der Waals surface area (Å²) in [6.45, 7) is 5.65. The van der Waals surface area contributed by atoms with Gasteiger partial charge in [-0.1, -0.05) is 0 Å². The number of hydrogen-bond donors (Lipinski definition) is 5. The second-order valence-electron chi connectivity index (χ2n) is 7.93. The number of H-pyrrole nitrogens is 2. The molecule has 3 aromatic rings. The molecule has 2 aliphatic rings. The van der Waals surface area contributed by atoms with Crippen LogP contribution in [0.1, 0.15) is 5.56 Å². The summed E-state index contributed by atoms with van der Waals surface area (Å²) in [5.41, 5.74) is 3.10. The summed E-state index contributed by atoms with van der Waals surface area (Å²) in [5, 5.41) is 2.94. The molecule has 0 radical (unpaired) electrons. The van der Waals surface area contributed by atoms with Crippen LogP contribution in [-0.4, -0.2) is 55.4 Å². The number of aromatic amines is 2. The topological polar surface area (TPSA) is 105 Å². The number of piperazine rings is 1. The highest BCUT2D eigenvalue weighted by atomic mass is 16.7. The Morgan fingerprint density at radius 1 is 0.933 bits per heavy atom. The molecule has 0 atom stereocenters. The number of hydrogen-bond acceptors (Lipinski definition) is 4. The van der Waals surface area contributed by atoms with Crippen molar-refractivity contribution < 1.29 is 24.1 Å². The summed E-state index contributed by atoms with van der Waals surface area (Å²) in [4.78, 5) is 32.0. The van der Waals surface area contributed by atoms with Gasteiger partial charge in [-0.2, -0.15) is 0 Å². The van der Waals surface area contributed by atoms with Gasteiger partial charge in [-0.05, 0) is 36.4 Å². The maximum absolute atomic E-state index is 12.5. The number of quaternary nitrogens is 2.